The van der Waals surface area contributed by atoms with E-state index in [1.54, 1.807) is 7.11 Å². The van der Waals surface area contributed by atoms with Crippen molar-refractivity contribution in [2.45, 2.75) is 31.8 Å². The zero-order chi connectivity index (χ0) is 10.7. The lowest BCUT2D eigenvalue weighted by Crippen LogP contribution is -2.37. The van der Waals surface area contributed by atoms with Crippen LogP contribution in [0, 0.1) is 0 Å². The maximum atomic E-state index is 5.29. The van der Waals surface area contributed by atoms with Crippen molar-refractivity contribution in [3.05, 3.63) is 11.7 Å². The molecule has 0 aromatic carbocycles. The molecule has 0 saturated carbocycles. The van der Waals surface area contributed by atoms with Gasteiger partial charge in [-0.2, -0.15) is 4.98 Å². The third-order valence-corrected chi connectivity index (χ3v) is 2.96. The quantitative estimate of drug-likeness (QED) is 0.803. The van der Waals surface area contributed by atoms with Crippen LogP contribution < -0.4 is 5.32 Å². The molecule has 0 amide bonds. The van der Waals surface area contributed by atoms with Gasteiger partial charge in [0, 0.05) is 12.5 Å². The molecule has 0 unspecified atom stereocenters. The SMILES string of the molecule is COCc1noc(C2(C)CCNCC2)n1. The van der Waals surface area contributed by atoms with Crippen LogP contribution in [-0.2, 0) is 16.8 Å². The second kappa shape index (κ2) is 4.28. The summed E-state index contributed by atoms with van der Waals surface area (Å²) in [6.07, 6.45) is 2.09. The Hall–Kier alpha value is -0.940. The highest BCUT2D eigenvalue weighted by Gasteiger charge is 2.34. The summed E-state index contributed by atoms with van der Waals surface area (Å²) >= 11 is 0. The third kappa shape index (κ3) is 2.18. The minimum atomic E-state index is 0.0320. The molecule has 5 nitrogen and oxygen atoms in total. The lowest BCUT2D eigenvalue weighted by atomic mass is 9.81. The Labute approximate surface area is 89.2 Å². The van der Waals surface area contributed by atoms with Crippen molar-refractivity contribution < 1.29 is 9.26 Å². The molecule has 0 atom stereocenters. The Bertz CT molecular complexity index is 318. The molecular formula is C10H17N3O2. The van der Waals surface area contributed by atoms with Crippen LogP contribution in [0.3, 0.4) is 0 Å². The largest absolute Gasteiger partial charge is 0.377 e. The van der Waals surface area contributed by atoms with E-state index in [0.717, 1.165) is 31.8 Å². The van der Waals surface area contributed by atoms with Crippen LogP contribution in [0.25, 0.3) is 0 Å². The van der Waals surface area contributed by atoms with Gasteiger partial charge in [-0.3, -0.25) is 0 Å². The molecule has 1 fully saturated rings. The number of piperidine rings is 1. The molecule has 0 aliphatic carbocycles. The number of aromatic nitrogens is 2. The third-order valence-electron chi connectivity index (χ3n) is 2.96. The molecule has 1 aliphatic heterocycles. The molecule has 1 saturated heterocycles. The van der Waals surface area contributed by atoms with Crippen LogP contribution in [0.5, 0.6) is 0 Å². The van der Waals surface area contributed by atoms with Gasteiger partial charge in [0.05, 0.1) is 0 Å². The first kappa shape index (κ1) is 10.6. The summed E-state index contributed by atoms with van der Waals surface area (Å²) < 4.78 is 10.3. The average molecular weight is 211 g/mol. The zero-order valence-corrected chi connectivity index (χ0v) is 9.25. The van der Waals surface area contributed by atoms with E-state index < -0.39 is 0 Å². The average Bonchev–Trinajstić information content (AvgIpc) is 2.69. The first-order valence-electron chi connectivity index (χ1n) is 5.27. The van der Waals surface area contributed by atoms with E-state index in [4.69, 9.17) is 9.26 Å². The predicted molar refractivity (Wildman–Crippen MR) is 54.5 cm³/mol. The maximum absolute atomic E-state index is 5.29. The van der Waals surface area contributed by atoms with Crippen LogP contribution in [0.4, 0.5) is 0 Å². The van der Waals surface area contributed by atoms with Crippen molar-refractivity contribution >= 4 is 0 Å². The lowest BCUT2D eigenvalue weighted by Gasteiger charge is -2.30. The first-order valence-corrected chi connectivity index (χ1v) is 5.27. The number of nitrogens with one attached hydrogen (secondary N) is 1. The predicted octanol–water partition coefficient (Wildman–Crippen LogP) is 0.857. The Morgan fingerprint density at radius 1 is 1.47 bits per heavy atom. The number of rotatable bonds is 3. The Morgan fingerprint density at radius 3 is 2.87 bits per heavy atom. The van der Waals surface area contributed by atoms with Crippen LogP contribution in [0.1, 0.15) is 31.5 Å². The Balaban J connectivity index is 2.12. The van der Waals surface area contributed by atoms with Gasteiger partial charge in [-0.1, -0.05) is 12.1 Å². The fraction of sp³-hybridized carbons (Fsp3) is 0.800. The van der Waals surface area contributed by atoms with Gasteiger partial charge in [0.1, 0.15) is 6.61 Å². The van der Waals surface area contributed by atoms with Crippen LogP contribution in [-0.4, -0.2) is 30.3 Å². The zero-order valence-electron chi connectivity index (χ0n) is 9.25. The fourth-order valence-corrected chi connectivity index (χ4v) is 1.88. The van der Waals surface area contributed by atoms with Gasteiger partial charge in [0.2, 0.25) is 5.89 Å². The Kier molecular flexibility index (Phi) is 3.02. The highest BCUT2D eigenvalue weighted by Crippen LogP contribution is 2.31. The number of hydrogen-bond acceptors (Lipinski definition) is 5. The summed E-state index contributed by atoms with van der Waals surface area (Å²) in [5.41, 5.74) is 0.0320. The van der Waals surface area contributed by atoms with Gasteiger partial charge in [0.25, 0.3) is 0 Å². The van der Waals surface area contributed by atoms with Gasteiger partial charge in [-0.05, 0) is 25.9 Å². The van der Waals surface area contributed by atoms with Gasteiger partial charge < -0.3 is 14.6 Å². The van der Waals surface area contributed by atoms with Crippen molar-refractivity contribution in [3.8, 4) is 0 Å². The van der Waals surface area contributed by atoms with Crippen molar-refractivity contribution in [1.29, 1.82) is 0 Å². The minimum Gasteiger partial charge on any atom is -0.377 e. The summed E-state index contributed by atoms with van der Waals surface area (Å²) in [7, 11) is 1.63. The van der Waals surface area contributed by atoms with E-state index in [1.165, 1.54) is 0 Å². The summed E-state index contributed by atoms with van der Waals surface area (Å²) in [6.45, 7) is 4.62. The van der Waals surface area contributed by atoms with Crippen molar-refractivity contribution in [2.75, 3.05) is 20.2 Å². The first-order chi connectivity index (χ1) is 7.24. The van der Waals surface area contributed by atoms with Gasteiger partial charge in [0.15, 0.2) is 5.82 Å². The molecule has 1 N–H and O–H groups in total. The van der Waals surface area contributed by atoms with Crippen LogP contribution in [0.2, 0.25) is 0 Å². The molecule has 1 aromatic rings. The second-order valence-electron chi connectivity index (χ2n) is 4.26. The number of nitrogens with zero attached hydrogens (tertiary/aromatic N) is 2. The molecule has 0 spiro atoms. The van der Waals surface area contributed by atoms with Crippen LogP contribution in [0.15, 0.2) is 4.52 Å². The van der Waals surface area contributed by atoms with E-state index in [0.29, 0.717) is 12.4 Å². The van der Waals surface area contributed by atoms with E-state index in [9.17, 15) is 0 Å². The number of methoxy groups -OCH3 is 1. The maximum Gasteiger partial charge on any atom is 0.232 e. The molecule has 5 heteroatoms. The second-order valence-corrected chi connectivity index (χ2v) is 4.26. The summed E-state index contributed by atoms with van der Waals surface area (Å²) in [4.78, 5) is 4.36. The van der Waals surface area contributed by atoms with E-state index in [2.05, 4.69) is 22.4 Å². The molecule has 1 aliphatic rings. The molecule has 15 heavy (non-hydrogen) atoms. The monoisotopic (exact) mass is 211 g/mol. The number of hydrogen-bond donors (Lipinski definition) is 1. The topological polar surface area (TPSA) is 60.2 Å². The normalized spacial score (nSPS) is 20.4. The Morgan fingerprint density at radius 2 is 2.20 bits per heavy atom. The van der Waals surface area contributed by atoms with E-state index in [-0.39, 0.29) is 5.41 Å². The molecule has 2 rings (SSSR count). The highest BCUT2D eigenvalue weighted by molar-refractivity contribution is 5.05. The van der Waals surface area contributed by atoms with E-state index >= 15 is 0 Å². The lowest BCUT2D eigenvalue weighted by molar-refractivity contribution is 0.174. The molecule has 0 bridgehead atoms. The molecular weight excluding hydrogens is 194 g/mol. The van der Waals surface area contributed by atoms with Gasteiger partial charge in [-0.15, -0.1) is 0 Å². The smallest absolute Gasteiger partial charge is 0.232 e. The van der Waals surface area contributed by atoms with Crippen molar-refractivity contribution in [2.24, 2.45) is 0 Å². The molecule has 84 valence electrons. The van der Waals surface area contributed by atoms with Crippen LogP contribution >= 0.6 is 0 Å². The standard InChI is InChI=1S/C10H17N3O2/c1-10(3-5-11-6-4-10)9-12-8(7-14-2)13-15-9/h11H,3-7H2,1-2H3. The highest BCUT2D eigenvalue weighted by atomic mass is 16.5. The van der Waals surface area contributed by atoms with Crippen molar-refractivity contribution in [3.63, 3.8) is 0 Å². The van der Waals surface area contributed by atoms with Crippen molar-refractivity contribution in [1.82, 2.24) is 15.5 Å². The number of ether oxygens (including phenoxy) is 1. The van der Waals surface area contributed by atoms with Gasteiger partial charge in [-0.25, -0.2) is 0 Å². The molecule has 1 aromatic heterocycles. The van der Waals surface area contributed by atoms with E-state index in [1.807, 2.05) is 0 Å². The summed E-state index contributed by atoms with van der Waals surface area (Å²) in [6, 6.07) is 0. The summed E-state index contributed by atoms with van der Waals surface area (Å²) in [5, 5.41) is 7.22. The van der Waals surface area contributed by atoms with Gasteiger partial charge >= 0.3 is 0 Å². The summed E-state index contributed by atoms with van der Waals surface area (Å²) in [5.74, 6) is 1.38. The molecule has 0 radical (unpaired) electrons. The molecule has 2 heterocycles. The fourth-order valence-electron chi connectivity index (χ4n) is 1.88. The minimum absolute atomic E-state index is 0.0320.